The zero-order valence-electron chi connectivity index (χ0n) is 17.4. The molecular formula is C23H30N4O2. The van der Waals surface area contributed by atoms with Crippen LogP contribution in [0.3, 0.4) is 0 Å². The zero-order chi connectivity index (χ0) is 20.4. The molecule has 2 aliphatic rings. The number of anilines is 1. The van der Waals surface area contributed by atoms with E-state index in [0.29, 0.717) is 18.2 Å². The number of amides is 1. The van der Waals surface area contributed by atoms with Crippen LogP contribution in [-0.4, -0.2) is 46.8 Å². The van der Waals surface area contributed by atoms with Gasteiger partial charge in [-0.05, 0) is 61.9 Å². The molecule has 6 heteroatoms. The van der Waals surface area contributed by atoms with Crippen LogP contribution in [0.5, 0.6) is 0 Å². The highest BCUT2D eigenvalue weighted by Crippen LogP contribution is 2.28. The number of benzene rings is 1. The predicted octanol–water partition coefficient (Wildman–Crippen LogP) is 3.08. The average molecular weight is 395 g/mol. The third-order valence-electron chi connectivity index (χ3n) is 6.42. The third-order valence-corrected chi connectivity index (χ3v) is 6.42. The molecule has 2 fully saturated rings. The first-order chi connectivity index (χ1) is 14.0. The van der Waals surface area contributed by atoms with Crippen molar-refractivity contribution in [3.05, 3.63) is 51.8 Å². The highest BCUT2D eigenvalue weighted by Gasteiger charge is 2.25. The molecule has 0 spiro atoms. The molecule has 1 aromatic heterocycles. The van der Waals surface area contributed by atoms with Crippen LogP contribution < -0.4 is 10.5 Å². The van der Waals surface area contributed by atoms with Gasteiger partial charge in [-0.15, -0.1) is 5.10 Å². The summed E-state index contributed by atoms with van der Waals surface area (Å²) >= 11 is 0. The number of hydrogen-bond donors (Lipinski definition) is 0. The van der Waals surface area contributed by atoms with E-state index in [-0.39, 0.29) is 5.56 Å². The molecule has 1 aliphatic heterocycles. The first-order valence-corrected chi connectivity index (χ1v) is 10.7. The number of rotatable bonds is 4. The van der Waals surface area contributed by atoms with Crippen LogP contribution in [0.4, 0.5) is 5.82 Å². The lowest BCUT2D eigenvalue weighted by Gasteiger charge is -2.35. The van der Waals surface area contributed by atoms with E-state index in [1.54, 1.807) is 12.1 Å². The quantitative estimate of drug-likeness (QED) is 0.800. The van der Waals surface area contributed by atoms with Gasteiger partial charge in [0.05, 0.1) is 5.69 Å². The molecule has 0 unspecified atom stereocenters. The van der Waals surface area contributed by atoms with Crippen molar-refractivity contribution in [3.63, 3.8) is 0 Å². The van der Waals surface area contributed by atoms with Gasteiger partial charge in [0.1, 0.15) is 5.82 Å². The zero-order valence-corrected chi connectivity index (χ0v) is 17.4. The standard InChI is InChI=1S/C23H30N4O2/c1-17-7-8-20(15-18(17)2)27-22(28)10-9-21(24-27)25-11-13-26(14-12-25)23(29)16-19-5-3-4-6-19/h7-10,15,19H,3-6,11-14,16H2,1-2H3. The van der Waals surface area contributed by atoms with Crippen LogP contribution >= 0.6 is 0 Å². The summed E-state index contributed by atoms with van der Waals surface area (Å²) in [6, 6.07) is 9.30. The highest BCUT2D eigenvalue weighted by atomic mass is 16.2. The molecule has 2 aromatic rings. The lowest BCUT2D eigenvalue weighted by atomic mass is 10.0. The van der Waals surface area contributed by atoms with E-state index in [2.05, 4.69) is 16.9 Å². The van der Waals surface area contributed by atoms with Crippen molar-refractivity contribution < 1.29 is 4.79 Å². The van der Waals surface area contributed by atoms with Gasteiger partial charge in [-0.2, -0.15) is 4.68 Å². The normalized spacial score (nSPS) is 17.7. The summed E-state index contributed by atoms with van der Waals surface area (Å²) in [4.78, 5) is 29.1. The van der Waals surface area contributed by atoms with E-state index in [4.69, 9.17) is 0 Å². The van der Waals surface area contributed by atoms with Crippen LogP contribution in [-0.2, 0) is 4.79 Å². The molecular weight excluding hydrogens is 364 g/mol. The molecule has 154 valence electrons. The van der Waals surface area contributed by atoms with E-state index in [9.17, 15) is 9.59 Å². The van der Waals surface area contributed by atoms with Crippen molar-refractivity contribution in [1.82, 2.24) is 14.7 Å². The summed E-state index contributed by atoms with van der Waals surface area (Å²) in [5.41, 5.74) is 2.97. The van der Waals surface area contributed by atoms with Crippen molar-refractivity contribution in [3.8, 4) is 5.69 Å². The van der Waals surface area contributed by atoms with Gasteiger partial charge in [-0.25, -0.2) is 0 Å². The van der Waals surface area contributed by atoms with Crippen LogP contribution in [0.15, 0.2) is 35.1 Å². The number of hydrogen-bond acceptors (Lipinski definition) is 4. The summed E-state index contributed by atoms with van der Waals surface area (Å²) in [5.74, 6) is 1.67. The Kier molecular flexibility index (Phi) is 5.69. The van der Waals surface area contributed by atoms with Gasteiger partial charge in [0, 0.05) is 38.7 Å². The second-order valence-electron chi connectivity index (χ2n) is 8.43. The summed E-state index contributed by atoms with van der Waals surface area (Å²) in [6.07, 6.45) is 5.66. The molecule has 4 rings (SSSR count). The molecule has 6 nitrogen and oxygen atoms in total. The summed E-state index contributed by atoms with van der Waals surface area (Å²) in [5, 5.41) is 4.62. The molecule has 1 aliphatic carbocycles. The van der Waals surface area contributed by atoms with Gasteiger partial charge in [-0.1, -0.05) is 18.9 Å². The Bertz CT molecular complexity index is 938. The Morgan fingerprint density at radius 3 is 2.41 bits per heavy atom. The van der Waals surface area contributed by atoms with E-state index >= 15 is 0 Å². The maximum Gasteiger partial charge on any atom is 0.271 e. The molecule has 1 saturated carbocycles. The largest absolute Gasteiger partial charge is 0.352 e. The van der Waals surface area contributed by atoms with Gasteiger partial charge < -0.3 is 9.80 Å². The lowest BCUT2D eigenvalue weighted by Crippen LogP contribution is -2.49. The van der Waals surface area contributed by atoms with Crippen molar-refractivity contribution in [2.75, 3.05) is 31.1 Å². The fraction of sp³-hybridized carbons (Fsp3) is 0.522. The fourth-order valence-corrected chi connectivity index (χ4v) is 4.39. The van der Waals surface area contributed by atoms with Crippen LogP contribution in [0.25, 0.3) is 5.69 Å². The molecule has 0 bridgehead atoms. The van der Waals surface area contributed by atoms with E-state index in [1.165, 1.54) is 35.9 Å². The minimum absolute atomic E-state index is 0.137. The number of nitrogens with zero attached hydrogens (tertiary/aromatic N) is 4. The Morgan fingerprint density at radius 1 is 1.00 bits per heavy atom. The monoisotopic (exact) mass is 394 g/mol. The summed E-state index contributed by atoms with van der Waals surface area (Å²) in [7, 11) is 0. The molecule has 1 saturated heterocycles. The average Bonchev–Trinajstić information content (AvgIpc) is 3.24. The van der Waals surface area contributed by atoms with E-state index in [0.717, 1.165) is 43.2 Å². The second kappa shape index (κ2) is 8.39. The van der Waals surface area contributed by atoms with Crippen LogP contribution in [0, 0.1) is 19.8 Å². The first kappa shape index (κ1) is 19.7. The number of piperazine rings is 1. The lowest BCUT2D eigenvalue weighted by molar-refractivity contribution is -0.132. The molecule has 0 atom stereocenters. The molecule has 0 N–H and O–H groups in total. The van der Waals surface area contributed by atoms with Crippen molar-refractivity contribution in [1.29, 1.82) is 0 Å². The van der Waals surface area contributed by atoms with E-state index < -0.39 is 0 Å². The number of aromatic nitrogens is 2. The number of carbonyl (C=O) groups is 1. The molecule has 1 amide bonds. The highest BCUT2D eigenvalue weighted by molar-refractivity contribution is 5.76. The molecule has 0 radical (unpaired) electrons. The third kappa shape index (κ3) is 4.36. The maximum atomic E-state index is 12.6. The number of carbonyl (C=O) groups excluding carboxylic acids is 1. The van der Waals surface area contributed by atoms with Gasteiger partial charge in [0.2, 0.25) is 5.91 Å². The van der Waals surface area contributed by atoms with Gasteiger partial charge in [-0.3, -0.25) is 9.59 Å². The van der Waals surface area contributed by atoms with Gasteiger partial charge in [0.25, 0.3) is 5.56 Å². The molecule has 2 heterocycles. The fourth-order valence-electron chi connectivity index (χ4n) is 4.39. The Labute approximate surface area is 172 Å². The second-order valence-corrected chi connectivity index (χ2v) is 8.43. The summed E-state index contributed by atoms with van der Waals surface area (Å²) < 4.78 is 1.47. The van der Waals surface area contributed by atoms with Crippen LogP contribution in [0.1, 0.15) is 43.2 Å². The Morgan fingerprint density at radius 2 is 1.72 bits per heavy atom. The Balaban J connectivity index is 1.44. The minimum Gasteiger partial charge on any atom is -0.352 e. The van der Waals surface area contributed by atoms with Gasteiger partial charge in [0.15, 0.2) is 0 Å². The summed E-state index contributed by atoms with van der Waals surface area (Å²) in [6.45, 7) is 7.02. The Hall–Kier alpha value is -2.63. The van der Waals surface area contributed by atoms with Crippen molar-refractivity contribution in [2.45, 2.75) is 46.0 Å². The van der Waals surface area contributed by atoms with Crippen molar-refractivity contribution in [2.24, 2.45) is 5.92 Å². The molecule has 29 heavy (non-hydrogen) atoms. The maximum absolute atomic E-state index is 12.6. The minimum atomic E-state index is -0.137. The predicted molar refractivity (Wildman–Crippen MR) is 115 cm³/mol. The van der Waals surface area contributed by atoms with Gasteiger partial charge >= 0.3 is 0 Å². The van der Waals surface area contributed by atoms with Crippen molar-refractivity contribution >= 4 is 11.7 Å². The topological polar surface area (TPSA) is 58.4 Å². The van der Waals surface area contributed by atoms with E-state index in [1.807, 2.05) is 30.0 Å². The SMILES string of the molecule is Cc1ccc(-n2nc(N3CCN(C(=O)CC4CCCC4)CC3)ccc2=O)cc1C. The smallest absolute Gasteiger partial charge is 0.271 e. The van der Waals surface area contributed by atoms with Crippen LogP contribution in [0.2, 0.25) is 0 Å². The number of aryl methyl sites for hydroxylation is 2. The first-order valence-electron chi connectivity index (χ1n) is 10.7. The molecule has 1 aromatic carbocycles.